The van der Waals surface area contributed by atoms with Gasteiger partial charge in [0.2, 0.25) is 5.91 Å². The van der Waals surface area contributed by atoms with Crippen molar-refractivity contribution in [1.82, 2.24) is 9.80 Å². The van der Waals surface area contributed by atoms with Gasteiger partial charge in [0, 0.05) is 43.2 Å². The molecule has 1 saturated heterocycles. The molecule has 2 aliphatic heterocycles. The van der Waals surface area contributed by atoms with Gasteiger partial charge < -0.3 is 9.80 Å². The average Bonchev–Trinajstić information content (AvgIpc) is 3.14. The Balaban J connectivity index is 1.30. The van der Waals surface area contributed by atoms with E-state index in [2.05, 4.69) is 60.2 Å². The Morgan fingerprint density at radius 3 is 2.29 bits per heavy atom. The molecule has 2 heterocycles. The molecular weight excluding hydrogens is 540 g/mol. The zero-order valence-corrected chi connectivity index (χ0v) is 26.5. The molecule has 6 heteroatoms. The van der Waals surface area contributed by atoms with Crippen molar-refractivity contribution < 1.29 is 4.79 Å². The highest BCUT2D eigenvalue weighted by Crippen LogP contribution is 2.42. The minimum Gasteiger partial charge on any atom is -0.353 e. The van der Waals surface area contributed by atoms with E-state index in [1.165, 1.54) is 38.5 Å². The van der Waals surface area contributed by atoms with Gasteiger partial charge in [-0.05, 0) is 75.9 Å². The van der Waals surface area contributed by atoms with Crippen molar-refractivity contribution in [2.45, 2.75) is 84.0 Å². The number of nitrogens with zero attached hydrogens (tertiary/aromatic N) is 4. The second kappa shape index (κ2) is 17.3. The predicted octanol–water partition coefficient (Wildman–Crippen LogP) is 9.46. The number of halogens is 1. The third-order valence-electron chi connectivity index (χ3n) is 8.18. The zero-order chi connectivity index (χ0) is 29.6. The minimum absolute atomic E-state index is 0.117. The van der Waals surface area contributed by atoms with E-state index >= 15 is 0 Å². The van der Waals surface area contributed by atoms with Gasteiger partial charge in [-0.15, -0.1) is 0 Å². The van der Waals surface area contributed by atoms with Gasteiger partial charge in [-0.25, -0.2) is 4.99 Å². The number of hydrogen-bond acceptors (Lipinski definition) is 4. The first kappa shape index (κ1) is 32.0. The first-order valence-corrected chi connectivity index (χ1v) is 16.5. The van der Waals surface area contributed by atoms with Gasteiger partial charge in [0.05, 0.1) is 17.1 Å². The van der Waals surface area contributed by atoms with Crippen molar-refractivity contribution in [3.63, 3.8) is 0 Å². The molecule has 0 spiro atoms. The summed E-state index contributed by atoms with van der Waals surface area (Å²) in [6.07, 6.45) is 22.6. The van der Waals surface area contributed by atoms with E-state index < -0.39 is 0 Å². The maximum Gasteiger partial charge on any atom is 0.231 e. The van der Waals surface area contributed by atoms with Gasteiger partial charge in [-0.2, -0.15) is 0 Å². The van der Waals surface area contributed by atoms with Crippen LogP contribution in [0.2, 0.25) is 5.02 Å². The Labute approximate surface area is 258 Å². The number of carbonyl (C=O) groups is 1. The standard InChI is InChI=1S/C36H49ClN4O/c1-3-4-5-6-7-8-9-10-11-12-13-14-15-16-17-22-35(42)41-33-21-19-18-20-31(33)36(40-27-25-39(2)26-28-40)38-32-29-30(37)23-24-34(32)41/h7-8,10-11,18-21,23-24,29H,3-6,9,12-17,22,25-28H2,1-2H3/b8-7+,11-10+. The summed E-state index contributed by atoms with van der Waals surface area (Å²) in [7, 11) is 2.16. The van der Waals surface area contributed by atoms with E-state index in [9.17, 15) is 4.79 Å². The highest BCUT2D eigenvalue weighted by Gasteiger charge is 2.30. The van der Waals surface area contributed by atoms with Crippen molar-refractivity contribution in [3.8, 4) is 0 Å². The van der Waals surface area contributed by atoms with Crippen LogP contribution in [0.1, 0.15) is 89.5 Å². The lowest BCUT2D eigenvalue weighted by Gasteiger charge is -2.35. The maximum atomic E-state index is 13.8. The first-order chi connectivity index (χ1) is 20.6. The molecule has 2 aromatic carbocycles. The summed E-state index contributed by atoms with van der Waals surface area (Å²) in [5.41, 5.74) is 3.47. The number of fused-ring (bicyclic) bond motifs is 2. The third-order valence-corrected chi connectivity index (χ3v) is 8.42. The van der Waals surface area contributed by atoms with Crippen LogP contribution in [0, 0.1) is 0 Å². The molecule has 0 aromatic heterocycles. The van der Waals surface area contributed by atoms with Crippen LogP contribution in [0.3, 0.4) is 0 Å². The molecule has 0 unspecified atom stereocenters. The number of para-hydroxylation sites is 1. The number of amides is 1. The minimum atomic E-state index is 0.117. The molecule has 0 aliphatic carbocycles. The smallest absolute Gasteiger partial charge is 0.231 e. The van der Waals surface area contributed by atoms with Crippen molar-refractivity contribution >= 4 is 40.4 Å². The highest BCUT2D eigenvalue weighted by atomic mass is 35.5. The number of unbranched alkanes of at least 4 members (excludes halogenated alkanes) is 8. The number of amidine groups is 1. The molecular formula is C36H49ClN4O. The van der Waals surface area contributed by atoms with E-state index in [1.54, 1.807) is 0 Å². The number of aliphatic imine (C=N–C) groups is 1. The zero-order valence-electron chi connectivity index (χ0n) is 25.7. The number of anilines is 2. The van der Waals surface area contributed by atoms with E-state index in [-0.39, 0.29) is 5.91 Å². The lowest BCUT2D eigenvalue weighted by atomic mass is 10.1. The Morgan fingerprint density at radius 1 is 0.833 bits per heavy atom. The molecule has 0 saturated carbocycles. The van der Waals surface area contributed by atoms with Gasteiger partial charge in [0.25, 0.3) is 0 Å². The van der Waals surface area contributed by atoms with Gasteiger partial charge in [0.1, 0.15) is 5.84 Å². The monoisotopic (exact) mass is 588 g/mol. The van der Waals surface area contributed by atoms with E-state index in [0.29, 0.717) is 11.4 Å². The fourth-order valence-corrected chi connectivity index (χ4v) is 5.83. The van der Waals surface area contributed by atoms with Crippen LogP contribution in [0.25, 0.3) is 0 Å². The van der Waals surface area contributed by atoms with Gasteiger partial charge >= 0.3 is 0 Å². The molecule has 1 fully saturated rings. The number of allylic oxidation sites excluding steroid dienone is 4. The highest BCUT2D eigenvalue weighted by molar-refractivity contribution is 6.31. The molecule has 0 atom stereocenters. The molecule has 0 radical (unpaired) electrons. The van der Waals surface area contributed by atoms with Crippen LogP contribution in [0.5, 0.6) is 0 Å². The van der Waals surface area contributed by atoms with E-state index in [0.717, 1.165) is 86.7 Å². The number of benzene rings is 2. The molecule has 1 amide bonds. The SMILES string of the molecule is CCCCC/C=C/C/C=C/CCCCCCCC(=O)N1c2ccc(Cl)cc2N=C(N2CCN(C)CC2)c2ccccc21. The second-order valence-electron chi connectivity index (χ2n) is 11.6. The number of piperazine rings is 1. The second-order valence-corrected chi connectivity index (χ2v) is 12.0. The molecule has 4 rings (SSSR count). The van der Waals surface area contributed by atoms with Gasteiger partial charge in [0.15, 0.2) is 0 Å². The third kappa shape index (κ3) is 9.31. The van der Waals surface area contributed by atoms with E-state index in [1.807, 2.05) is 35.2 Å². The lowest BCUT2D eigenvalue weighted by molar-refractivity contribution is -0.118. The summed E-state index contributed by atoms with van der Waals surface area (Å²) in [4.78, 5) is 25.5. The number of carbonyl (C=O) groups excluding carboxylic acids is 1. The quantitative estimate of drug-likeness (QED) is 0.163. The Kier molecular flexibility index (Phi) is 13.2. The Bertz CT molecular complexity index is 1230. The number of hydrogen-bond donors (Lipinski definition) is 0. The molecule has 2 aliphatic rings. The molecule has 42 heavy (non-hydrogen) atoms. The van der Waals surface area contributed by atoms with E-state index in [4.69, 9.17) is 16.6 Å². The number of likely N-dealkylation sites (N-methyl/N-ethyl adjacent to an activating group) is 1. The van der Waals surface area contributed by atoms with Crippen LogP contribution in [0.15, 0.2) is 71.8 Å². The summed E-state index contributed by atoms with van der Waals surface area (Å²) >= 11 is 6.43. The Hall–Kier alpha value is -2.89. The van der Waals surface area contributed by atoms with Crippen molar-refractivity contribution in [1.29, 1.82) is 0 Å². The molecule has 0 N–H and O–H groups in total. The predicted molar refractivity (Wildman–Crippen MR) is 180 cm³/mol. The van der Waals surface area contributed by atoms with Crippen molar-refractivity contribution in [2.24, 2.45) is 4.99 Å². The summed E-state index contributed by atoms with van der Waals surface area (Å²) in [5.74, 6) is 1.04. The maximum absolute atomic E-state index is 13.8. The molecule has 0 bridgehead atoms. The summed E-state index contributed by atoms with van der Waals surface area (Å²) < 4.78 is 0. The van der Waals surface area contributed by atoms with Crippen LogP contribution < -0.4 is 4.90 Å². The fourth-order valence-electron chi connectivity index (χ4n) is 5.66. The summed E-state index contributed by atoms with van der Waals surface area (Å²) in [6.45, 7) is 6.02. The topological polar surface area (TPSA) is 39.2 Å². The van der Waals surface area contributed by atoms with Crippen molar-refractivity contribution in [2.75, 3.05) is 38.1 Å². The first-order valence-electron chi connectivity index (χ1n) is 16.1. The van der Waals surface area contributed by atoms with Crippen LogP contribution in [0.4, 0.5) is 17.1 Å². The number of rotatable bonds is 14. The average molecular weight is 589 g/mol. The van der Waals surface area contributed by atoms with Crippen molar-refractivity contribution in [3.05, 3.63) is 77.4 Å². The van der Waals surface area contributed by atoms with Gasteiger partial charge in [-0.3, -0.25) is 9.69 Å². The van der Waals surface area contributed by atoms with Crippen LogP contribution in [-0.2, 0) is 4.79 Å². The largest absolute Gasteiger partial charge is 0.353 e. The normalized spacial score (nSPS) is 15.6. The van der Waals surface area contributed by atoms with Crippen LogP contribution in [-0.4, -0.2) is 54.8 Å². The molecule has 226 valence electrons. The van der Waals surface area contributed by atoms with Crippen LogP contribution >= 0.6 is 11.6 Å². The Morgan fingerprint density at radius 2 is 1.52 bits per heavy atom. The summed E-state index contributed by atoms with van der Waals surface area (Å²) in [5, 5.41) is 0.627. The fraction of sp³-hybridized carbons (Fsp3) is 0.500. The molecule has 5 nitrogen and oxygen atoms in total. The van der Waals surface area contributed by atoms with Gasteiger partial charge in [-0.1, -0.05) is 87.1 Å². The molecule has 2 aromatic rings. The summed E-state index contributed by atoms with van der Waals surface area (Å²) in [6, 6.07) is 13.9. The lowest BCUT2D eigenvalue weighted by Crippen LogP contribution is -2.47.